The van der Waals surface area contributed by atoms with Crippen LogP contribution < -0.4 is 0 Å². The second-order valence-corrected chi connectivity index (χ2v) is 4.68. The van der Waals surface area contributed by atoms with E-state index >= 15 is 0 Å². The molecule has 3 heteroatoms. The molecule has 0 saturated heterocycles. The van der Waals surface area contributed by atoms with Gasteiger partial charge in [-0.1, -0.05) is 6.92 Å². The van der Waals surface area contributed by atoms with E-state index in [1.54, 1.807) is 0 Å². The largest absolute Gasteiger partial charge is 0.298 e. The average Bonchev–Trinajstić information content (AvgIpc) is 2.61. The first-order chi connectivity index (χ1) is 7.20. The van der Waals surface area contributed by atoms with Gasteiger partial charge in [0.15, 0.2) is 6.29 Å². The van der Waals surface area contributed by atoms with E-state index in [0.717, 1.165) is 23.5 Å². The lowest BCUT2D eigenvalue weighted by Gasteiger charge is -2.26. The van der Waals surface area contributed by atoms with Crippen LogP contribution in [0.4, 0.5) is 0 Å². The van der Waals surface area contributed by atoms with Crippen LogP contribution in [0, 0.1) is 12.8 Å². The number of aryl methyl sites for hydroxylation is 1. The first kappa shape index (κ1) is 10.4. The summed E-state index contributed by atoms with van der Waals surface area (Å²) >= 11 is 0. The first-order valence-corrected chi connectivity index (χ1v) is 5.71. The number of rotatable bonds is 2. The number of carbonyl (C=O) groups is 1. The van der Waals surface area contributed by atoms with Crippen LogP contribution in [-0.2, 0) is 0 Å². The van der Waals surface area contributed by atoms with Crippen LogP contribution in [0.3, 0.4) is 0 Å². The molecule has 0 spiro atoms. The third-order valence-corrected chi connectivity index (χ3v) is 3.44. The van der Waals surface area contributed by atoms with Crippen LogP contribution in [0.5, 0.6) is 0 Å². The highest BCUT2D eigenvalue weighted by Crippen LogP contribution is 2.31. The molecule has 0 atom stereocenters. The number of hydrogen-bond donors (Lipinski definition) is 0. The molecule has 0 bridgehead atoms. The molecule has 1 saturated carbocycles. The summed E-state index contributed by atoms with van der Waals surface area (Å²) < 4.78 is 1.99. The lowest BCUT2D eigenvalue weighted by atomic mass is 9.87. The van der Waals surface area contributed by atoms with E-state index in [9.17, 15) is 4.79 Å². The van der Waals surface area contributed by atoms with E-state index in [-0.39, 0.29) is 0 Å². The molecular weight excluding hydrogens is 188 g/mol. The van der Waals surface area contributed by atoms with Crippen molar-refractivity contribution in [3.05, 3.63) is 17.5 Å². The van der Waals surface area contributed by atoms with Gasteiger partial charge in [0, 0.05) is 6.20 Å². The minimum atomic E-state index is 0.508. The normalized spacial score (nSPS) is 26.5. The lowest BCUT2D eigenvalue weighted by molar-refractivity contribution is 0.112. The minimum absolute atomic E-state index is 0.508. The highest BCUT2D eigenvalue weighted by Gasteiger charge is 2.20. The molecule has 2 rings (SSSR count). The Morgan fingerprint density at radius 3 is 2.60 bits per heavy atom. The molecule has 0 aromatic carbocycles. The Balaban J connectivity index is 2.12. The highest BCUT2D eigenvalue weighted by atomic mass is 16.1. The smallest absolute Gasteiger partial charge is 0.153 e. The van der Waals surface area contributed by atoms with Crippen LogP contribution in [0.25, 0.3) is 0 Å². The Bertz CT molecular complexity index is 349. The van der Waals surface area contributed by atoms with Crippen molar-refractivity contribution in [3.63, 3.8) is 0 Å². The van der Waals surface area contributed by atoms with E-state index in [0.29, 0.717) is 6.04 Å². The summed E-state index contributed by atoms with van der Waals surface area (Å²) in [5.41, 5.74) is 1.58. The van der Waals surface area contributed by atoms with Crippen LogP contribution in [0.1, 0.15) is 54.7 Å². The van der Waals surface area contributed by atoms with Crippen LogP contribution in [0.2, 0.25) is 0 Å². The van der Waals surface area contributed by atoms with Crippen molar-refractivity contribution < 1.29 is 4.79 Å². The molecule has 1 fully saturated rings. The predicted octanol–water partition coefficient (Wildman–Crippen LogP) is 2.76. The second kappa shape index (κ2) is 4.17. The maximum Gasteiger partial charge on any atom is 0.153 e. The summed E-state index contributed by atoms with van der Waals surface area (Å²) in [6.07, 6.45) is 7.73. The Hall–Kier alpha value is -1.12. The predicted molar refractivity (Wildman–Crippen MR) is 59.0 cm³/mol. The highest BCUT2D eigenvalue weighted by molar-refractivity contribution is 5.75. The summed E-state index contributed by atoms with van der Waals surface area (Å²) in [7, 11) is 0. The molecule has 0 unspecified atom stereocenters. The van der Waals surface area contributed by atoms with E-state index in [2.05, 4.69) is 12.0 Å². The van der Waals surface area contributed by atoms with Gasteiger partial charge >= 0.3 is 0 Å². The molecule has 1 aliphatic carbocycles. The average molecular weight is 206 g/mol. The second-order valence-electron chi connectivity index (χ2n) is 4.68. The van der Waals surface area contributed by atoms with Crippen molar-refractivity contribution in [2.75, 3.05) is 0 Å². The minimum Gasteiger partial charge on any atom is -0.298 e. The van der Waals surface area contributed by atoms with Crippen molar-refractivity contribution in [1.82, 2.24) is 9.78 Å². The molecule has 1 aromatic rings. The van der Waals surface area contributed by atoms with Gasteiger partial charge in [-0.3, -0.25) is 9.48 Å². The quantitative estimate of drug-likeness (QED) is 0.697. The van der Waals surface area contributed by atoms with Crippen LogP contribution in [0.15, 0.2) is 6.20 Å². The van der Waals surface area contributed by atoms with Crippen molar-refractivity contribution >= 4 is 6.29 Å². The van der Waals surface area contributed by atoms with Gasteiger partial charge in [0.2, 0.25) is 0 Å². The first-order valence-electron chi connectivity index (χ1n) is 5.71. The standard InChI is InChI=1S/C12H18N2O/c1-9-3-5-12(6-4-9)14-7-11(8-15)10(2)13-14/h7-9,12H,3-6H2,1-2H3. The van der Waals surface area contributed by atoms with E-state index in [4.69, 9.17) is 0 Å². The molecule has 1 aromatic heterocycles. The van der Waals surface area contributed by atoms with Crippen molar-refractivity contribution in [3.8, 4) is 0 Å². The third kappa shape index (κ3) is 2.11. The van der Waals surface area contributed by atoms with Gasteiger partial charge in [-0.05, 0) is 38.5 Å². The van der Waals surface area contributed by atoms with Crippen LogP contribution >= 0.6 is 0 Å². The number of aromatic nitrogens is 2. The Morgan fingerprint density at radius 2 is 2.07 bits per heavy atom. The van der Waals surface area contributed by atoms with Gasteiger partial charge in [0.1, 0.15) is 0 Å². The third-order valence-electron chi connectivity index (χ3n) is 3.44. The SMILES string of the molecule is Cc1nn(C2CCC(C)CC2)cc1C=O. The van der Waals surface area contributed by atoms with Gasteiger partial charge in [-0.15, -0.1) is 0 Å². The lowest BCUT2D eigenvalue weighted by Crippen LogP contribution is -2.17. The number of nitrogens with zero attached hydrogens (tertiary/aromatic N) is 2. The Kier molecular flexibility index (Phi) is 2.89. The molecule has 0 aliphatic heterocycles. The molecule has 15 heavy (non-hydrogen) atoms. The van der Waals surface area contributed by atoms with Crippen molar-refractivity contribution in [2.45, 2.75) is 45.6 Å². The van der Waals surface area contributed by atoms with Gasteiger partial charge in [0.05, 0.1) is 17.3 Å². The fourth-order valence-corrected chi connectivity index (χ4v) is 2.31. The summed E-state index contributed by atoms with van der Waals surface area (Å²) in [6, 6.07) is 0.508. The zero-order valence-electron chi connectivity index (χ0n) is 9.44. The monoisotopic (exact) mass is 206 g/mol. The number of aldehydes is 1. The Morgan fingerprint density at radius 1 is 1.40 bits per heavy atom. The zero-order chi connectivity index (χ0) is 10.8. The van der Waals surface area contributed by atoms with Gasteiger partial charge in [-0.2, -0.15) is 5.10 Å². The summed E-state index contributed by atoms with van der Waals surface area (Å²) in [5.74, 6) is 0.850. The molecule has 1 heterocycles. The maximum absolute atomic E-state index is 10.7. The van der Waals surface area contributed by atoms with Crippen molar-refractivity contribution in [1.29, 1.82) is 0 Å². The molecule has 0 radical (unpaired) electrons. The summed E-state index contributed by atoms with van der Waals surface area (Å²) in [6.45, 7) is 4.20. The molecule has 0 N–H and O–H groups in total. The molecule has 1 aliphatic rings. The van der Waals surface area contributed by atoms with Gasteiger partial charge in [0.25, 0.3) is 0 Å². The van der Waals surface area contributed by atoms with Crippen LogP contribution in [-0.4, -0.2) is 16.1 Å². The Labute approximate surface area is 90.5 Å². The topological polar surface area (TPSA) is 34.9 Å². The molecular formula is C12H18N2O. The van der Waals surface area contributed by atoms with E-state index in [1.807, 2.05) is 17.8 Å². The summed E-state index contributed by atoms with van der Waals surface area (Å²) in [4.78, 5) is 10.7. The molecule has 82 valence electrons. The van der Waals surface area contributed by atoms with Crippen molar-refractivity contribution in [2.24, 2.45) is 5.92 Å². The number of carbonyl (C=O) groups excluding carboxylic acids is 1. The number of hydrogen-bond acceptors (Lipinski definition) is 2. The van der Waals surface area contributed by atoms with E-state index in [1.165, 1.54) is 25.7 Å². The zero-order valence-corrected chi connectivity index (χ0v) is 9.44. The fraction of sp³-hybridized carbons (Fsp3) is 0.667. The van der Waals surface area contributed by atoms with Gasteiger partial charge < -0.3 is 0 Å². The molecule has 0 amide bonds. The van der Waals surface area contributed by atoms with Gasteiger partial charge in [-0.25, -0.2) is 0 Å². The fourth-order valence-electron chi connectivity index (χ4n) is 2.31. The molecule has 3 nitrogen and oxygen atoms in total. The maximum atomic E-state index is 10.7. The summed E-state index contributed by atoms with van der Waals surface area (Å²) in [5, 5.41) is 4.42. The van der Waals surface area contributed by atoms with E-state index < -0.39 is 0 Å².